The highest BCUT2D eigenvalue weighted by atomic mass is 16.5. The second-order valence-electron chi connectivity index (χ2n) is 5.76. The Bertz CT molecular complexity index is 529. The molecule has 1 aromatic heterocycles. The number of furan rings is 1. The number of nitrogens with two attached hydrogens (primary N) is 1. The number of hydrogen-bond acceptors (Lipinski definition) is 6. The number of methoxy groups -OCH3 is 1. The van der Waals surface area contributed by atoms with Gasteiger partial charge in [0.25, 0.3) is 0 Å². The number of esters is 1. The summed E-state index contributed by atoms with van der Waals surface area (Å²) in [4.78, 5) is 25.3. The molecule has 1 atom stereocenters. The summed E-state index contributed by atoms with van der Waals surface area (Å²) in [6.07, 6.45) is 5.08. The quantitative estimate of drug-likeness (QED) is 0.723. The average molecular weight is 323 g/mol. The van der Waals surface area contributed by atoms with Crippen LogP contribution in [0, 0.1) is 0 Å². The zero-order chi connectivity index (χ0) is 16.7. The monoisotopic (exact) mass is 323 g/mol. The van der Waals surface area contributed by atoms with E-state index in [2.05, 4.69) is 15.0 Å². The van der Waals surface area contributed by atoms with Crippen LogP contribution in [0.2, 0.25) is 0 Å². The number of carbonyl (C=O) groups excluding carboxylic acids is 2. The third kappa shape index (κ3) is 5.07. The molecule has 0 saturated carbocycles. The molecule has 1 amide bonds. The molecule has 0 spiro atoms. The SMILES string of the molecule is COC(=O)c1coc(CN2CCCCC2CNC(=O)CCN)c1. The summed E-state index contributed by atoms with van der Waals surface area (Å²) >= 11 is 0. The van der Waals surface area contributed by atoms with Gasteiger partial charge >= 0.3 is 5.97 Å². The summed E-state index contributed by atoms with van der Waals surface area (Å²) in [6.45, 7) is 2.55. The van der Waals surface area contributed by atoms with Crippen molar-refractivity contribution < 1.29 is 18.7 Å². The van der Waals surface area contributed by atoms with Crippen molar-refractivity contribution in [3.8, 4) is 0 Å². The molecule has 1 saturated heterocycles. The highest BCUT2D eigenvalue weighted by Crippen LogP contribution is 2.20. The summed E-state index contributed by atoms with van der Waals surface area (Å²) in [5.74, 6) is 0.318. The largest absolute Gasteiger partial charge is 0.467 e. The van der Waals surface area contributed by atoms with E-state index in [0.717, 1.165) is 31.6 Å². The Morgan fingerprint density at radius 1 is 1.48 bits per heavy atom. The number of hydrogen-bond donors (Lipinski definition) is 2. The lowest BCUT2D eigenvalue weighted by molar-refractivity contribution is -0.121. The van der Waals surface area contributed by atoms with Crippen LogP contribution in [0.4, 0.5) is 0 Å². The molecule has 1 aliphatic heterocycles. The highest BCUT2D eigenvalue weighted by Gasteiger charge is 2.24. The van der Waals surface area contributed by atoms with Crippen molar-refractivity contribution in [1.29, 1.82) is 0 Å². The smallest absolute Gasteiger partial charge is 0.341 e. The molecule has 1 unspecified atom stereocenters. The van der Waals surface area contributed by atoms with Gasteiger partial charge in [-0.1, -0.05) is 6.42 Å². The molecule has 1 aliphatic rings. The summed E-state index contributed by atoms with van der Waals surface area (Å²) in [5, 5.41) is 2.94. The maximum absolute atomic E-state index is 11.6. The molecule has 1 fully saturated rings. The first-order valence-corrected chi connectivity index (χ1v) is 8.00. The van der Waals surface area contributed by atoms with Gasteiger partial charge in [-0.3, -0.25) is 9.69 Å². The van der Waals surface area contributed by atoms with Crippen LogP contribution < -0.4 is 11.1 Å². The summed E-state index contributed by atoms with van der Waals surface area (Å²) < 4.78 is 10.1. The van der Waals surface area contributed by atoms with Gasteiger partial charge in [0.2, 0.25) is 5.91 Å². The Labute approximate surface area is 136 Å². The van der Waals surface area contributed by atoms with Gasteiger partial charge in [0, 0.05) is 25.6 Å². The van der Waals surface area contributed by atoms with Gasteiger partial charge in [0.1, 0.15) is 12.0 Å². The van der Waals surface area contributed by atoms with E-state index in [0.29, 0.717) is 31.6 Å². The Morgan fingerprint density at radius 3 is 3.04 bits per heavy atom. The zero-order valence-electron chi connectivity index (χ0n) is 13.5. The second-order valence-corrected chi connectivity index (χ2v) is 5.76. The molecule has 23 heavy (non-hydrogen) atoms. The van der Waals surface area contributed by atoms with Crippen LogP contribution in [-0.4, -0.2) is 49.6 Å². The maximum Gasteiger partial charge on any atom is 0.341 e. The van der Waals surface area contributed by atoms with Gasteiger partial charge in [0.15, 0.2) is 0 Å². The molecule has 0 aromatic carbocycles. The Hall–Kier alpha value is -1.86. The number of piperidine rings is 1. The molecule has 0 radical (unpaired) electrons. The van der Waals surface area contributed by atoms with Crippen LogP contribution in [0.5, 0.6) is 0 Å². The van der Waals surface area contributed by atoms with Gasteiger partial charge in [-0.2, -0.15) is 0 Å². The molecule has 2 rings (SSSR count). The van der Waals surface area contributed by atoms with Gasteiger partial charge in [-0.05, 0) is 25.5 Å². The van der Waals surface area contributed by atoms with Crippen molar-refractivity contribution in [2.45, 2.75) is 38.3 Å². The Balaban J connectivity index is 1.91. The molecular weight excluding hydrogens is 298 g/mol. The van der Waals surface area contributed by atoms with Gasteiger partial charge in [-0.15, -0.1) is 0 Å². The van der Waals surface area contributed by atoms with E-state index in [9.17, 15) is 9.59 Å². The topological polar surface area (TPSA) is 97.8 Å². The third-order valence-corrected chi connectivity index (χ3v) is 4.09. The lowest BCUT2D eigenvalue weighted by Crippen LogP contribution is -2.46. The minimum atomic E-state index is -0.399. The summed E-state index contributed by atoms with van der Waals surface area (Å²) in [6, 6.07) is 1.99. The van der Waals surface area contributed by atoms with E-state index >= 15 is 0 Å². The van der Waals surface area contributed by atoms with Gasteiger partial charge in [-0.25, -0.2) is 4.79 Å². The predicted octanol–water partition coefficient (Wildman–Crippen LogP) is 0.886. The molecule has 128 valence electrons. The van der Waals surface area contributed by atoms with Crippen LogP contribution in [0.1, 0.15) is 41.8 Å². The molecule has 3 N–H and O–H groups in total. The van der Waals surface area contributed by atoms with E-state index in [1.165, 1.54) is 13.4 Å². The molecule has 1 aromatic rings. The van der Waals surface area contributed by atoms with Crippen LogP contribution in [0.25, 0.3) is 0 Å². The number of nitrogens with one attached hydrogen (secondary N) is 1. The number of nitrogens with zero attached hydrogens (tertiary/aromatic N) is 1. The van der Waals surface area contributed by atoms with Crippen molar-refractivity contribution in [2.24, 2.45) is 5.73 Å². The highest BCUT2D eigenvalue weighted by molar-refractivity contribution is 5.88. The van der Waals surface area contributed by atoms with Crippen LogP contribution >= 0.6 is 0 Å². The van der Waals surface area contributed by atoms with Crippen molar-refractivity contribution in [3.63, 3.8) is 0 Å². The minimum absolute atomic E-state index is 0.0102. The maximum atomic E-state index is 11.6. The second kappa shape index (κ2) is 8.69. The first-order chi connectivity index (χ1) is 11.1. The summed E-state index contributed by atoms with van der Waals surface area (Å²) in [7, 11) is 1.35. The number of ether oxygens (including phenoxy) is 1. The molecule has 0 aliphatic carbocycles. The number of likely N-dealkylation sites (tertiary alicyclic amines) is 1. The minimum Gasteiger partial charge on any atom is -0.467 e. The average Bonchev–Trinajstić information content (AvgIpc) is 3.02. The normalized spacial score (nSPS) is 18.6. The van der Waals surface area contributed by atoms with Crippen LogP contribution in [-0.2, 0) is 16.1 Å². The third-order valence-electron chi connectivity index (χ3n) is 4.09. The standard InChI is InChI=1S/C16H25N3O4/c1-22-16(21)12-8-14(23-11-12)10-19-7-3-2-4-13(19)9-18-15(20)5-6-17/h8,11,13H,2-7,9-10,17H2,1H3,(H,18,20). The number of amides is 1. The number of rotatable bonds is 7. The van der Waals surface area contributed by atoms with E-state index in [1.54, 1.807) is 6.07 Å². The van der Waals surface area contributed by atoms with E-state index in [1.807, 2.05) is 0 Å². The lowest BCUT2D eigenvalue weighted by atomic mass is 10.0. The Kier molecular flexibility index (Phi) is 6.61. The van der Waals surface area contributed by atoms with Crippen LogP contribution in [0.3, 0.4) is 0 Å². The fourth-order valence-corrected chi connectivity index (χ4v) is 2.84. The molecule has 0 bridgehead atoms. The molecule has 7 nitrogen and oxygen atoms in total. The van der Waals surface area contributed by atoms with Gasteiger partial charge in [0.05, 0.1) is 19.2 Å². The summed E-state index contributed by atoms with van der Waals surface area (Å²) in [5.41, 5.74) is 5.81. The van der Waals surface area contributed by atoms with Crippen molar-refractivity contribution >= 4 is 11.9 Å². The van der Waals surface area contributed by atoms with E-state index < -0.39 is 5.97 Å². The van der Waals surface area contributed by atoms with Crippen LogP contribution in [0.15, 0.2) is 16.7 Å². The lowest BCUT2D eigenvalue weighted by Gasteiger charge is -2.35. The van der Waals surface area contributed by atoms with Crippen molar-refractivity contribution in [3.05, 3.63) is 23.7 Å². The molecular formula is C16H25N3O4. The molecule has 7 heteroatoms. The van der Waals surface area contributed by atoms with Gasteiger partial charge < -0.3 is 20.2 Å². The zero-order valence-corrected chi connectivity index (χ0v) is 13.5. The first kappa shape index (κ1) is 17.5. The first-order valence-electron chi connectivity index (χ1n) is 8.00. The van der Waals surface area contributed by atoms with Crippen molar-refractivity contribution in [2.75, 3.05) is 26.7 Å². The number of carbonyl (C=O) groups is 2. The van der Waals surface area contributed by atoms with Crippen molar-refractivity contribution in [1.82, 2.24) is 10.2 Å². The molecule has 2 heterocycles. The fraction of sp³-hybridized carbons (Fsp3) is 0.625. The van der Waals surface area contributed by atoms with E-state index in [4.69, 9.17) is 10.2 Å². The Morgan fingerprint density at radius 2 is 2.30 bits per heavy atom. The fourth-order valence-electron chi connectivity index (χ4n) is 2.84. The predicted molar refractivity (Wildman–Crippen MR) is 84.8 cm³/mol. The van der Waals surface area contributed by atoms with E-state index in [-0.39, 0.29) is 11.9 Å².